The Morgan fingerprint density at radius 3 is 2.94 bits per heavy atom. The summed E-state index contributed by atoms with van der Waals surface area (Å²) in [7, 11) is 0. The van der Waals surface area contributed by atoms with E-state index in [1.807, 2.05) is 11.8 Å². The lowest BCUT2D eigenvalue weighted by Gasteiger charge is -2.09. The first-order chi connectivity index (χ1) is 7.86. The minimum atomic E-state index is 0.927. The zero-order valence-corrected chi connectivity index (χ0v) is 10.6. The average molecular weight is 234 g/mol. The molecule has 2 rings (SSSR count). The first kappa shape index (κ1) is 11.6. The Bertz CT molecular complexity index is 401. The molecule has 1 aromatic heterocycles. The summed E-state index contributed by atoms with van der Waals surface area (Å²) in [6.07, 6.45) is 7.14. The third-order valence-electron chi connectivity index (χ3n) is 3.12. The molecule has 0 aromatic carbocycles. The summed E-state index contributed by atoms with van der Waals surface area (Å²) in [6.45, 7) is 2.20. The van der Waals surface area contributed by atoms with E-state index in [0.717, 1.165) is 29.2 Å². The summed E-state index contributed by atoms with van der Waals surface area (Å²) in [5, 5.41) is 10.4. The fraction of sp³-hybridized carbons (Fsp3) is 0.615. The lowest BCUT2D eigenvalue weighted by atomic mass is 9.95. The van der Waals surface area contributed by atoms with Crippen LogP contribution in [-0.4, -0.2) is 10.7 Å². The van der Waals surface area contributed by atoms with Crippen LogP contribution < -0.4 is 0 Å². The molecule has 0 fully saturated rings. The van der Waals surface area contributed by atoms with E-state index in [4.69, 9.17) is 0 Å². The molecule has 0 saturated heterocycles. The molecule has 0 unspecified atom stereocenters. The third-order valence-corrected chi connectivity index (χ3v) is 4.20. The molecule has 0 aliphatic heterocycles. The second-order valence-electron chi connectivity index (χ2n) is 4.31. The highest BCUT2D eigenvalue weighted by molar-refractivity contribution is 7.99. The topological polar surface area (TPSA) is 39.6 Å². The summed E-state index contributed by atoms with van der Waals surface area (Å²) < 4.78 is 0. The van der Waals surface area contributed by atoms with Gasteiger partial charge in [0.1, 0.15) is 6.07 Å². The number of nitriles is 1. The number of hydrogen-bond acceptors (Lipinski definition) is 2. The number of aryl methyl sites for hydroxylation is 1. The number of unbranched alkanes of at least 4 members (excludes halogenated alkanes) is 1. The van der Waals surface area contributed by atoms with Crippen molar-refractivity contribution in [1.29, 1.82) is 5.26 Å². The van der Waals surface area contributed by atoms with Gasteiger partial charge in [-0.25, -0.2) is 0 Å². The first-order valence-corrected chi connectivity index (χ1v) is 7.12. The van der Waals surface area contributed by atoms with Crippen molar-refractivity contribution >= 4 is 11.8 Å². The van der Waals surface area contributed by atoms with E-state index in [9.17, 15) is 5.26 Å². The van der Waals surface area contributed by atoms with Crippen molar-refractivity contribution in [2.45, 2.75) is 50.5 Å². The molecule has 1 aliphatic carbocycles. The Balaban J connectivity index is 2.18. The Hall–Kier alpha value is -0.880. The maximum atomic E-state index is 9.24. The van der Waals surface area contributed by atoms with Gasteiger partial charge in [-0.05, 0) is 43.4 Å². The zero-order valence-electron chi connectivity index (χ0n) is 9.81. The fourth-order valence-electron chi connectivity index (χ4n) is 2.20. The van der Waals surface area contributed by atoms with Gasteiger partial charge in [0.15, 0.2) is 0 Å². The van der Waals surface area contributed by atoms with E-state index in [0.29, 0.717) is 0 Å². The highest BCUT2D eigenvalue weighted by atomic mass is 32.2. The molecule has 0 saturated carbocycles. The van der Waals surface area contributed by atoms with Crippen LogP contribution in [0.1, 0.15) is 49.4 Å². The molecule has 1 N–H and O–H groups in total. The van der Waals surface area contributed by atoms with Crippen LogP contribution in [0.2, 0.25) is 0 Å². The smallest absolute Gasteiger partial charge is 0.102 e. The van der Waals surface area contributed by atoms with Crippen LogP contribution in [0.15, 0.2) is 5.03 Å². The van der Waals surface area contributed by atoms with Gasteiger partial charge in [-0.1, -0.05) is 13.3 Å². The lowest BCUT2D eigenvalue weighted by molar-refractivity contribution is 0.675. The molecular weight excluding hydrogens is 216 g/mol. The van der Waals surface area contributed by atoms with Crippen molar-refractivity contribution < 1.29 is 0 Å². The monoisotopic (exact) mass is 234 g/mol. The maximum Gasteiger partial charge on any atom is 0.102 e. The van der Waals surface area contributed by atoms with Crippen molar-refractivity contribution in [3.05, 3.63) is 16.8 Å². The second-order valence-corrected chi connectivity index (χ2v) is 5.41. The maximum absolute atomic E-state index is 9.24. The van der Waals surface area contributed by atoms with Gasteiger partial charge >= 0.3 is 0 Å². The molecule has 1 aromatic rings. The van der Waals surface area contributed by atoms with Gasteiger partial charge in [-0.2, -0.15) is 5.26 Å². The Kier molecular flexibility index (Phi) is 3.95. The van der Waals surface area contributed by atoms with Crippen LogP contribution in [0, 0.1) is 11.3 Å². The quantitative estimate of drug-likeness (QED) is 0.638. The zero-order chi connectivity index (χ0) is 11.4. The molecule has 0 atom stereocenters. The Morgan fingerprint density at radius 2 is 2.19 bits per heavy atom. The van der Waals surface area contributed by atoms with Gasteiger partial charge < -0.3 is 4.98 Å². The highest BCUT2D eigenvalue weighted by Gasteiger charge is 2.19. The minimum Gasteiger partial charge on any atom is -0.352 e. The first-order valence-electron chi connectivity index (χ1n) is 6.13. The molecule has 3 heteroatoms. The van der Waals surface area contributed by atoms with E-state index >= 15 is 0 Å². The van der Waals surface area contributed by atoms with Gasteiger partial charge in [0.2, 0.25) is 0 Å². The number of nitrogens with one attached hydrogen (secondary N) is 1. The predicted octanol–water partition coefficient (Wildman–Crippen LogP) is 3.66. The number of thioether (sulfide) groups is 1. The van der Waals surface area contributed by atoms with Crippen LogP contribution >= 0.6 is 11.8 Å². The van der Waals surface area contributed by atoms with Crippen molar-refractivity contribution in [2.75, 3.05) is 5.75 Å². The fourth-order valence-corrected chi connectivity index (χ4v) is 3.35. The predicted molar refractivity (Wildman–Crippen MR) is 67.8 cm³/mol. The number of hydrogen-bond donors (Lipinski definition) is 1. The van der Waals surface area contributed by atoms with Crippen molar-refractivity contribution in [2.24, 2.45) is 0 Å². The summed E-state index contributed by atoms with van der Waals surface area (Å²) in [5.74, 6) is 1.12. The van der Waals surface area contributed by atoms with Gasteiger partial charge in [0.05, 0.1) is 10.6 Å². The number of aromatic amines is 1. The lowest BCUT2D eigenvalue weighted by Crippen LogP contribution is -2.01. The van der Waals surface area contributed by atoms with Gasteiger partial charge in [0, 0.05) is 5.69 Å². The van der Waals surface area contributed by atoms with Gasteiger partial charge in [-0.3, -0.25) is 0 Å². The molecule has 1 heterocycles. The molecular formula is C13H18N2S. The summed E-state index contributed by atoms with van der Waals surface area (Å²) in [4.78, 5) is 3.45. The minimum absolute atomic E-state index is 0.927. The van der Waals surface area contributed by atoms with E-state index in [1.165, 1.54) is 36.9 Å². The molecule has 0 radical (unpaired) electrons. The van der Waals surface area contributed by atoms with Crippen molar-refractivity contribution in [3.8, 4) is 6.07 Å². The van der Waals surface area contributed by atoms with E-state index in [1.54, 1.807) is 0 Å². The van der Waals surface area contributed by atoms with Crippen molar-refractivity contribution in [1.82, 2.24) is 4.98 Å². The number of fused-ring (bicyclic) bond motifs is 1. The molecule has 2 nitrogen and oxygen atoms in total. The molecule has 16 heavy (non-hydrogen) atoms. The van der Waals surface area contributed by atoms with Crippen LogP contribution in [0.4, 0.5) is 0 Å². The van der Waals surface area contributed by atoms with E-state index < -0.39 is 0 Å². The average Bonchev–Trinajstić information content (AvgIpc) is 2.67. The Morgan fingerprint density at radius 1 is 1.38 bits per heavy atom. The van der Waals surface area contributed by atoms with Crippen LogP contribution in [0.25, 0.3) is 0 Å². The van der Waals surface area contributed by atoms with E-state index in [-0.39, 0.29) is 0 Å². The number of aromatic nitrogens is 1. The standard InChI is InChI=1S/C13H18N2S/c1-2-3-8-16-13-11(9-14)10-6-4-5-7-12(10)15-13/h15H,2-8H2,1H3. The summed E-state index contributed by atoms with van der Waals surface area (Å²) in [6, 6.07) is 2.38. The molecule has 1 aliphatic rings. The normalized spacial score (nSPS) is 14.5. The summed E-state index contributed by atoms with van der Waals surface area (Å²) >= 11 is 1.81. The number of nitrogens with zero attached hydrogens (tertiary/aromatic N) is 1. The summed E-state index contributed by atoms with van der Waals surface area (Å²) in [5.41, 5.74) is 3.55. The van der Waals surface area contributed by atoms with Crippen LogP contribution in [-0.2, 0) is 12.8 Å². The van der Waals surface area contributed by atoms with Crippen LogP contribution in [0.3, 0.4) is 0 Å². The van der Waals surface area contributed by atoms with Crippen molar-refractivity contribution in [3.63, 3.8) is 0 Å². The van der Waals surface area contributed by atoms with E-state index in [2.05, 4.69) is 18.0 Å². The highest BCUT2D eigenvalue weighted by Crippen LogP contribution is 2.32. The molecule has 0 amide bonds. The van der Waals surface area contributed by atoms with Crippen LogP contribution in [0.5, 0.6) is 0 Å². The van der Waals surface area contributed by atoms with Gasteiger partial charge in [-0.15, -0.1) is 11.8 Å². The SMILES string of the molecule is CCCCSc1[nH]c2c(c1C#N)CCCC2. The largest absolute Gasteiger partial charge is 0.352 e. The molecule has 0 bridgehead atoms. The van der Waals surface area contributed by atoms with Gasteiger partial charge in [0.25, 0.3) is 0 Å². The third kappa shape index (κ3) is 2.27. The number of H-pyrrole nitrogens is 1. The molecule has 0 spiro atoms. The number of rotatable bonds is 4. The molecule has 86 valence electrons. The Labute approximate surface area is 101 Å². The second kappa shape index (κ2) is 5.45.